The van der Waals surface area contributed by atoms with Crippen LogP contribution in [0.4, 0.5) is 0 Å². The van der Waals surface area contributed by atoms with Crippen LogP contribution in [0.3, 0.4) is 0 Å². The highest BCUT2D eigenvalue weighted by Gasteiger charge is 1.77. The molecule has 1 rings (SSSR count). The average molecular weight is 210 g/mol. The van der Waals surface area contributed by atoms with Gasteiger partial charge in [-0.25, -0.2) is 0 Å². The fraction of sp³-hybridized carbons (Fsp3) is 0.250. The van der Waals surface area contributed by atoms with Crippen LogP contribution in [0.5, 0.6) is 0 Å². The second-order valence-corrected chi connectivity index (χ2v) is 1.81. The molecule has 3 heteroatoms. The van der Waals surface area contributed by atoms with Gasteiger partial charge >= 0.3 is 0 Å². The van der Waals surface area contributed by atoms with Crippen LogP contribution in [0.25, 0.3) is 6.08 Å². The lowest BCUT2D eigenvalue weighted by Crippen LogP contribution is -1.69. The second-order valence-electron chi connectivity index (χ2n) is 1.81. The molecule has 15 heavy (non-hydrogen) atoms. The standard InChI is InChI=1S/C9H9.3CH5N/c1-2-6-9-7-4-3-5-8-9;3*1-2/h2-8H,1H2;3*2H2,1H3/b6-2+;;;. The Morgan fingerprint density at radius 2 is 1.27 bits per heavy atom. The minimum absolute atomic E-state index is 1.20. The Kier molecular flexibility index (Phi) is 29.8. The minimum atomic E-state index is 1.20. The van der Waals surface area contributed by atoms with Gasteiger partial charge in [-0.1, -0.05) is 42.5 Å². The third kappa shape index (κ3) is 15.6. The van der Waals surface area contributed by atoms with Gasteiger partial charge in [-0.15, -0.1) is 0 Å². The molecular weight excluding hydrogens is 186 g/mol. The molecular formula is C12H24N3. The molecule has 0 heterocycles. The number of rotatable bonds is 1. The monoisotopic (exact) mass is 210 g/mol. The Labute approximate surface area is 94.0 Å². The van der Waals surface area contributed by atoms with Gasteiger partial charge in [0.25, 0.3) is 0 Å². The molecule has 3 nitrogen and oxygen atoms in total. The summed E-state index contributed by atoms with van der Waals surface area (Å²) in [4.78, 5) is 0. The normalized spacial score (nSPS) is 7.40. The fourth-order valence-electron chi connectivity index (χ4n) is 0.700. The van der Waals surface area contributed by atoms with E-state index in [0.717, 1.165) is 0 Å². The summed E-state index contributed by atoms with van der Waals surface area (Å²) in [6.07, 6.45) is 3.76. The molecule has 1 aromatic carbocycles. The maximum atomic E-state index is 4.50. The summed E-state index contributed by atoms with van der Waals surface area (Å²) in [5.41, 5.74) is 14.7. The van der Waals surface area contributed by atoms with E-state index in [1.165, 1.54) is 26.7 Å². The maximum absolute atomic E-state index is 4.50. The van der Waals surface area contributed by atoms with E-state index in [1.54, 1.807) is 6.08 Å². The number of hydrogen-bond acceptors (Lipinski definition) is 3. The largest absolute Gasteiger partial charge is 0.333 e. The molecule has 0 atom stereocenters. The first-order valence-electron chi connectivity index (χ1n) is 4.67. The molecule has 0 aliphatic heterocycles. The second kappa shape index (κ2) is 23.0. The number of nitrogens with two attached hydrogens (primary N) is 3. The van der Waals surface area contributed by atoms with Crippen molar-refractivity contribution in [3.8, 4) is 0 Å². The van der Waals surface area contributed by atoms with Crippen molar-refractivity contribution >= 4 is 6.08 Å². The summed E-state index contributed by atoms with van der Waals surface area (Å²) in [5.74, 6) is 0. The van der Waals surface area contributed by atoms with Crippen LogP contribution in [-0.4, -0.2) is 21.1 Å². The van der Waals surface area contributed by atoms with Crippen molar-refractivity contribution in [2.24, 2.45) is 17.2 Å². The predicted molar refractivity (Wildman–Crippen MR) is 71.2 cm³/mol. The molecule has 87 valence electrons. The van der Waals surface area contributed by atoms with Crippen molar-refractivity contribution < 1.29 is 0 Å². The topological polar surface area (TPSA) is 78.1 Å². The van der Waals surface area contributed by atoms with E-state index in [0.29, 0.717) is 0 Å². The highest BCUT2D eigenvalue weighted by molar-refractivity contribution is 5.48. The van der Waals surface area contributed by atoms with Crippen molar-refractivity contribution in [1.82, 2.24) is 0 Å². The summed E-state index contributed by atoms with van der Waals surface area (Å²) in [5, 5.41) is 0. The van der Waals surface area contributed by atoms with Crippen molar-refractivity contribution in [3.63, 3.8) is 0 Å². The molecule has 0 amide bonds. The minimum Gasteiger partial charge on any atom is -0.333 e. The lowest BCUT2D eigenvalue weighted by Gasteiger charge is -1.86. The third-order valence-corrected chi connectivity index (χ3v) is 1.11. The van der Waals surface area contributed by atoms with E-state index < -0.39 is 0 Å². The summed E-state index contributed by atoms with van der Waals surface area (Å²) < 4.78 is 0. The van der Waals surface area contributed by atoms with Gasteiger partial charge in [0.05, 0.1) is 0 Å². The SMILES string of the molecule is CN.CN.CN.[CH2]/C=C/c1ccccc1. The number of hydrogen-bond donors (Lipinski definition) is 3. The summed E-state index contributed by atoms with van der Waals surface area (Å²) in [6.45, 7) is 3.60. The molecule has 0 saturated carbocycles. The Bertz CT molecular complexity index is 195. The lowest BCUT2D eigenvalue weighted by molar-refractivity contribution is 1.48. The van der Waals surface area contributed by atoms with Crippen LogP contribution < -0.4 is 17.2 Å². The Hall–Kier alpha value is -1.16. The van der Waals surface area contributed by atoms with Crippen molar-refractivity contribution in [2.45, 2.75) is 0 Å². The Balaban J connectivity index is -0.000000208. The van der Waals surface area contributed by atoms with Gasteiger partial charge < -0.3 is 17.2 Å². The zero-order chi connectivity index (χ0) is 12.5. The van der Waals surface area contributed by atoms with Gasteiger partial charge in [-0.05, 0) is 33.6 Å². The smallest absolute Gasteiger partial charge is 0.0195 e. The van der Waals surface area contributed by atoms with Crippen molar-refractivity contribution in [2.75, 3.05) is 21.1 Å². The van der Waals surface area contributed by atoms with Gasteiger partial charge in [0.1, 0.15) is 0 Å². The molecule has 1 radical (unpaired) electrons. The van der Waals surface area contributed by atoms with E-state index in [9.17, 15) is 0 Å². The van der Waals surface area contributed by atoms with Crippen LogP contribution in [0, 0.1) is 6.92 Å². The van der Waals surface area contributed by atoms with Crippen molar-refractivity contribution in [1.29, 1.82) is 0 Å². The van der Waals surface area contributed by atoms with E-state index in [4.69, 9.17) is 0 Å². The van der Waals surface area contributed by atoms with Gasteiger partial charge in [0.15, 0.2) is 0 Å². The number of benzene rings is 1. The fourth-order valence-corrected chi connectivity index (χ4v) is 0.700. The zero-order valence-corrected chi connectivity index (χ0v) is 9.98. The van der Waals surface area contributed by atoms with E-state index in [1.807, 2.05) is 36.4 Å². The first-order chi connectivity index (χ1) is 7.43. The van der Waals surface area contributed by atoms with Crippen LogP contribution in [0.2, 0.25) is 0 Å². The molecule has 0 spiro atoms. The first kappa shape index (κ1) is 19.4. The van der Waals surface area contributed by atoms with Crippen LogP contribution in [0.15, 0.2) is 36.4 Å². The van der Waals surface area contributed by atoms with E-state index >= 15 is 0 Å². The summed E-state index contributed by atoms with van der Waals surface area (Å²) >= 11 is 0. The maximum Gasteiger partial charge on any atom is -0.0195 e. The van der Waals surface area contributed by atoms with Gasteiger partial charge in [0, 0.05) is 0 Å². The third-order valence-electron chi connectivity index (χ3n) is 1.11. The molecule has 0 fully saturated rings. The zero-order valence-electron chi connectivity index (χ0n) is 9.98. The predicted octanol–water partition coefficient (Wildman–Crippen LogP) is 1.26. The molecule has 0 bridgehead atoms. The van der Waals surface area contributed by atoms with Gasteiger partial charge in [-0.2, -0.15) is 0 Å². The van der Waals surface area contributed by atoms with Gasteiger partial charge in [0.2, 0.25) is 0 Å². The van der Waals surface area contributed by atoms with Crippen LogP contribution >= 0.6 is 0 Å². The van der Waals surface area contributed by atoms with Crippen molar-refractivity contribution in [3.05, 3.63) is 48.9 Å². The first-order valence-corrected chi connectivity index (χ1v) is 4.67. The molecule has 0 aliphatic carbocycles. The molecule has 1 aromatic rings. The highest BCUT2D eigenvalue weighted by atomic mass is 14.4. The van der Waals surface area contributed by atoms with E-state index in [2.05, 4.69) is 24.1 Å². The molecule has 0 saturated heterocycles. The Morgan fingerprint density at radius 1 is 0.867 bits per heavy atom. The van der Waals surface area contributed by atoms with Gasteiger partial charge in [-0.3, -0.25) is 0 Å². The molecule has 0 aromatic heterocycles. The van der Waals surface area contributed by atoms with E-state index in [-0.39, 0.29) is 0 Å². The van der Waals surface area contributed by atoms with Crippen LogP contribution in [0.1, 0.15) is 5.56 Å². The molecule has 0 unspecified atom stereocenters. The molecule has 6 N–H and O–H groups in total. The summed E-state index contributed by atoms with van der Waals surface area (Å²) in [7, 11) is 4.50. The average Bonchev–Trinajstić information content (AvgIpc) is 2.38. The highest BCUT2D eigenvalue weighted by Crippen LogP contribution is 1.99. The van der Waals surface area contributed by atoms with Crippen LogP contribution in [-0.2, 0) is 0 Å². The lowest BCUT2D eigenvalue weighted by atomic mass is 10.2. The Morgan fingerprint density at radius 3 is 1.60 bits per heavy atom. The quantitative estimate of drug-likeness (QED) is 0.653. The summed E-state index contributed by atoms with van der Waals surface area (Å²) in [6, 6.07) is 10.1. The number of allylic oxidation sites excluding steroid dienone is 1. The molecule has 0 aliphatic rings.